The fourth-order valence-corrected chi connectivity index (χ4v) is 4.00. The number of alkyl halides is 8. The van der Waals surface area contributed by atoms with Crippen LogP contribution in [0, 0.1) is 5.92 Å². The Kier molecular flexibility index (Phi) is 3.37. The molecule has 0 aromatic heterocycles. The Morgan fingerprint density at radius 1 is 0.875 bits per heavy atom. The highest BCUT2D eigenvalue weighted by atomic mass is 19.2. The summed E-state index contributed by atoms with van der Waals surface area (Å²) >= 11 is 0. The van der Waals surface area contributed by atoms with Gasteiger partial charge in [0.15, 0.2) is 24.7 Å². The Labute approximate surface area is 130 Å². The molecule has 2 nitrogen and oxygen atoms in total. The first-order valence-electron chi connectivity index (χ1n) is 7.00. The first-order chi connectivity index (χ1) is 10.9. The first-order valence-corrected chi connectivity index (χ1v) is 7.00. The summed E-state index contributed by atoms with van der Waals surface area (Å²) in [5, 5.41) is 0. The van der Waals surface area contributed by atoms with Crippen molar-refractivity contribution < 1.29 is 44.7 Å². The maximum absolute atomic E-state index is 14.6. The highest BCUT2D eigenvalue weighted by Crippen LogP contribution is 2.68. The van der Waals surface area contributed by atoms with Gasteiger partial charge in [0.2, 0.25) is 16.9 Å². The number of esters is 1. The van der Waals surface area contributed by atoms with Crippen LogP contribution in [-0.4, -0.2) is 59.9 Å². The second kappa shape index (κ2) is 4.63. The van der Waals surface area contributed by atoms with E-state index < -0.39 is 71.4 Å². The summed E-state index contributed by atoms with van der Waals surface area (Å²) in [6.07, 6.45) is -21.4. The topological polar surface area (TPSA) is 26.3 Å². The van der Waals surface area contributed by atoms with Crippen molar-refractivity contribution >= 4 is 5.97 Å². The largest absolute Gasteiger partial charge is 0.446 e. The third-order valence-electron chi connectivity index (χ3n) is 5.25. The van der Waals surface area contributed by atoms with Crippen molar-refractivity contribution in [2.24, 2.45) is 5.92 Å². The molecule has 4 aliphatic carbocycles. The molecule has 0 aromatic carbocycles. The molecule has 0 aromatic rings. The van der Waals surface area contributed by atoms with Gasteiger partial charge in [-0.2, -0.15) is 0 Å². The average molecular weight is 364 g/mol. The third-order valence-corrected chi connectivity index (χ3v) is 5.25. The van der Waals surface area contributed by atoms with E-state index in [0.717, 1.165) is 6.92 Å². The van der Waals surface area contributed by atoms with Gasteiger partial charge in [-0.05, 0) is 6.92 Å². The van der Waals surface area contributed by atoms with E-state index in [1.165, 1.54) is 0 Å². The minimum absolute atomic E-state index is 0.511. The van der Waals surface area contributed by atoms with Crippen molar-refractivity contribution in [3.8, 4) is 0 Å². The summed E-state index contributed by atoms with van der Waals surface area (Å²) in [5.74, 6) is -4.48. The highest BCUT2D eigenvalue weighted by molar-refractivity contribution is 5.87. The summed E-state index contributed by atoms with van der Waals surface area (Å²) in [6.45, 7) is 4.04. The lowest BCUT2D eigenvalue weighted by Gasteiger charge is -2.66. The van der Waals surface area contributed by atoms with Crippen LogP contribution in [0.4, 0.5) is 35.1 Å². The van der Waals surface area contributed by atoms with E-state index in [2.05, 4.69) is 11.3 Å². The molecule has 4 bridgehead atoms. The molecule has 4 fully saturated rings. The Bertz CT molecular complexity index is 584. The van der Waals surface area contributed by atoms with Crippen LogP contribution in [0.2, 0.25) is 0 Å². The number of halogens is 8. The quantitative estimate of drug-likeness (QED) is 0.428. The van der Waals surface area contributed by atoms with Crippen molar-refractivity contribution in [2.45, 2.75) is 60.9 Å². The van der Waals surface area contributed by atoms with Gasteiger partial charge in [0.25, 0.3) is 0 Å². The predicted octanol–water partition coefficient (Wildman–Crippen LogP) is 2.95. The minimum atomic E-state index is -4.39. The molecule has 0 aliphatic heterocycles. The maximum atomic E-state index is 14.6. The van der Waals surface area contributed by atoms with Gasteiger partial charge in [-0.3, -0.25) is 0 Å². The average Bonchev–Trinajstić information content (AvgIpc) is 2.52. The molecular formula is C14H12F8O2. The summed E-state index contributed by atoms with van der Waals surface area (Å²) in [6, 6.07) is 0. The minimum Gasteiger partial charge on any atom is -0.446 e. The number of rotatable bonds is 2. The normalized spacial score (nSPS) is 58.6. The molecule has 136 valence electrons. The zero-order chi connectivity index (χ0) is 18.4. The molecule has 0 N–H and O–H groups in total. The number of hydrogen-bond donors (Lipinski definition) is 0. The van der Waals surface area contributed by atoms with E-state index in [0.29, 0.717) is 0 Å². The lowest BCUT2D eigenvalue weighted by molar-refractivity contribution is -0.375. The van der Waals surface area contributed by atoms with E-state index in [1.807, 2.05) is 0 Å². The lowest BCUT2D eigenvalue weighted by Crippen LogP contribution is -2.92. The van der Waals surface area contributed by atoms with Crippen LogP contribution in [0.3, 0.4) is 0 Å². The molecule has 0 spiro atoms. The van der Waals surface area contributed by atoms with Crippen LogP contribution in [0.15, 0.2) is 12.2 Å². The van der Waals surface area contributed by atoms with Gasteiger partial charge >= 0.3 is 5.97 Å². The molecule has 0 amide bonds. The second-order valence-corrected chi connectivity index (χ2v) is 6.55. The molecule has 24 heavy (non-hydrogen) atoms. The molecule has 4 saturated carbocycles. The zero-order valence-corrected chi connectivity index (χ0v) is 12.1. The smallest absolute Gasteiger partial charge is 0.333 e. The standard InChI is InChI=1S/C14H12F8O2/c1-3(2)8(23)24-14-7(17)4-5(15)12(21,10(14)19)9(18)13(22,6(4)16)11(14)20/h4-7,9-11H,1H2,2H3. The monoisotopic (exact) mass is 364 g/mol. The van der Waals surface area contributed by atoms with Gasteiger partial charge in [-0.25, -0.2) is 39.9 Å². The third kappa shape index (κ3) is 1.47. The van der Waals surface area contributed by atoms with Gasteiger partial charge in [-0.15, -0.1) is 0 Å². The zero-order valence-electron chi connectivity index (χ0n) is 12.1. The fraction of sp³-hybridized carbons (Fsp3) is 0.786. The molecule has 7 atom stereocenters. The molecule has 7 unspecified atom stereocenters. The molecular weight excluding hydrogens is 352 g/mol. The van der Waals surface area contributed by atoms with E-state index in [1.54, 1.807) is 0 Å². The van der Waals surface area contributed by atoms with Gasteiger partial charge in [-0.1, -0.05) is 6.58 Å². The summed E-state index contributed by atoms with van der Waals surface area (Å²) in [4.78, 5) is 11.6. The summed E-state index contributed by atoms with van der Waals surface area (Å²) in [7, 11) is 0. The SMILES string of the molecule is C=C(C)C(=O)OC12C(F)C3C(F)C(F)(C(F)C(F)(C3F)C1F)C2F. The Balaban J connectivity index is 2.23. The van der Waals surface area contributed by atoms with E-state index >= 15 is 0 Å². The summed E-state index contributed by atoms with van der Waals surface area (Å²) in [5.41, 5.74) is -13.1. The fourth-order valence-electron chi connectivity index (χ4n) is 4.00. The van der Waals surface area contributed by atoms with Crippen LogP contribution >= 0.6 is 0 Å². The van der Waals surface area contributed by atoms with Crippen LogP contribution in [0.1, 0.15) is 6.92 Å². The first kappa shape index (κ1) is 17.5. The Morgan fingerprint density at radius 2 is 1.29 bits per heavy atom. The van der Waals surface area contributed by atoms with Crippen molar-refractivity contribution in [2.75, 3.05) is 0 Å². The Hall–Kier alpha value is -1.35. The molecule has 0 radical (unpaired) electrons. The number of hydrogen-bond acceptors (Lipinski definition) is 2. The molecule has 4 aliphatic rings. The van der Waals surface area contributed by atoms with Crippen molar-refractivity contribution in [1.82, 2.24) is 0 Å². The number of carbonyl (C=O) groups is 1. The van der Waals surface area contributed by atoms with Crippen molar-refractivity contribution in [3.05, 3.63) is 12.2 Å². The van der Waals surface area contributed by atoms with Gasteiger partial charge < -0.3 is 4.74 Å². The molecule has 4 rings (SSSR count). The highest BCUT2D eigenvalue weighted by Gasteiger charge is 2.93. The summed E-state index contributed by atoms with van der Waals surface area (Å²) < 4.78 is 119. The number of ether oxygens (including phenoxy) is 1. The predicted molar refractivity (Wildman–Crippen MR) is 64.2 cm³/mol. The maximum Gasteiger partial charge on any atom is 0.333 e. The van der Waals surface area contributed by atoms with Gasteiger partial charge in [0.1, 0.15) is 12.3 Å². The Morgan fingerprint density at radius 3 is 1.67 bits per heavy atom. The van der Waals surface area contributed by atoms with Gasteiger partial charge in [0.05, 0.1) is 5.92 Å². The molecule has 10 heteroatoms. The van der Waals surface area contributed by atoms with Crippen molar-refractivity contribution in [3.63, 3.8) is 0 Å². The van der Waals surface area contributed by atoms with Crippen LogP contribution < -0.4 is 0 Å². The van der Waals surface area contributed by atoms with Gasteiger partial charge in [0, 0.05) is 5.57 Å². The van der Waals surface area contributed by atoms with E-state index in [4.69, 9.17) is 0 Å². The number of carbonyl (C=O) groups excluding carboxylic acids is 1. The van der Waals surface area contributed by atoms with Crippen molar-refractivity contribution in [1.29, 1.82) is 0 Å². The van der Waals surface area contributed by atoms with Crippen LogP contribution in [-0.2, 0) is 9.53 Å². The van der Waals surface area contributed by atoms with E-state index in [9.17, 15) is 39.9 Å². The van der Waals surface area contributed by atoms with Crippen LogP contribution in [0.5, 0.6) is 0 Å². The van der Waals surface area contributed by atoms with E-state index in [-0.39, 0.29) is 0 Å². The van der Waals surface area contributed by atoms with Crippen LogP contribution in [0.25, 0.3) is 0 Å². The molecule has 0 saturated heterocycles. The second-order valence-electron chi connectivity index (χ2n) is 6.55. The molecule has 0 heterocycles. The lowest BCUT2D eigenvalue weighted by atomic mass is 9.46.